The van der Waals surface area contributed by atoms with Crippen LogP contribution >= 0.6 is 0 Å². The number of anilines is 1. The number of aromatic nitrogens is 3. The smallest absolute Gasteiger partial charge is 0.262 e. The fourth-order valence-corrected chi connectivity index (χ4v) is 2.72. The van der Waals surface area contributed by atoms with Crippen LogP contribution in [0.1, 0.15) is 12.5 Å². The molecular formula is C19H18N4O. The third-order valence-electron chi connectivity index (χ3n) is 3.76. The van der Waals surface area contributed by atoms with Gasteiger partial charge in [0.15, 0.2) is 0 Å². The van der Waals surface area contributed by atoms with Gasteiger partial charge in [0.2, 0.25) is 5.95 Å². The summed E-state index contributed by atoms with van der Waals surface area (Å²) >= 11 is 0. The molecule has 0 amide bonds. The van der Waals surface area contributed by atoms with Gasteiger partial charge < -0.3 is 10.7 Å². The minimum Gasteiger partial charge on any atom is -0.369 e. The summed E-state index contributed by atoms with van der Waals surface area (Å²) in [7, 11) is 0. The van der Waals surface area contributed by atoms with E-state index in [0.717, 1.165) is 22.4 Å². The lowest BCUT2D eigenvalue weighted by atomic mass is 9.98. The largest absolute Gasteiger partial charge is 0.369 e. The number of nitrogen functional groups attached to an aromatic ring is 1. The molecule has 0 atom stereocenters. The number of nitrogens with two attached hydrogens (primary N) is 1. The van der Waals surface area contributed by atoms with E-state index in [0.29, 0.717) is 11.0 Å². The highest BCUT2D eigenvalue weighted by atomic mass is 16.1. The number of allylic oxidation sites excluding steroid dienone is 5. The molecule has 1 aromatic carbocycles. The molecule has 3 rings (SSSR count). The second-order valence-electron chi connectivity index (χ2n) is 5.25. The molecule has 0 aliphatic heterocycles. The molecular weight excluding hydrogens is 300 g/mol. The second kappa shape index (κ2) is 6.42. The van der Waals surface area contributed by atoms with E-state index in [9.17, 15) is 4.79 Å². The van der Waals surface area contributed by atoms with Gasteiger partial charge in [0, 0.05) is 5.56 Å². The molecule has 0 unspecified atom stereocenters. The lowest BCUT2D eigenvalue weighted by Crippen LogP contribution is -2.11. The van der Waals surface area contributed by atoms with Crippen molar-refractivity contribution in [2.45, 2.75) is 6.92 Å². The first-order chi connectivity index (χ1) is 11.7. The molecule has 0 aliphatic rings. The van der Waals surface area contributed by atoms with Gasteiger partial charge in [-0.25, -0.2) is 0 Å². The van der Waals surface area contributed by atoms with Gasteiger partial charge in [-0.05, 0) is 18.1 Å². The van der Waals surface area contributed by atoms with Gasteiger partial charge in [-0.3, -0.25) is 9.78 Å². The SMILES string of the molecule is C=C/C=C\C(=C/C)c1c(-c2ccccc2)[nH]c2nc(N)[nH]c(=O)c12. The van der Waals surface area contributed by atoms with E-state index in [1.807, 2.05) is 55.5 Å². The van der Waals surface area contributed by atoms with Gasteiger partial charge in [-0.2, -0.15) is 4.98 Å². The maximum Gasteiger partial charge on any atom is 0.262 e. The number of nitrogens with zero attached hydrogens (tertiary/aromatic N) is 1. The summed E-state index contributed by atoms with van der Waals surface area (Å²) in [6.45, 7) is 5.63. The topological polar surface area (TPSA) is 87.6 Å². The van der Waals surface area contributed by atoms with E-state index in [2.05, 4.69) is 21.5 Å². The summed E-state index contributed by atoms with van der Waals surface area (Å²) in [6.07, 6.45) is 7.39. The maximum absolute atomic E-state index is 12.5. The highest BCUT2D eigenvalue weighted by Gasteiger charge is 2.19. The Morgan fingerprint density at radius 1 is 1.25 bits per heavy atom. The zero-order valence-electron chi connectivity index (χ0n) is 13.3. The predicted molar refractivity (Wildman–Crippen MR) is 99.6 cm³/mol. The first-order valence-corrected chi connectivity index (χ1v) is 7.58. The average molecular weight is 318 g/mol. The summed E-state index contributed by atoms with van der Waals surface area (Å²) in [5.41, 5.74) is 9.38. The normalized spacial score (nSPS) is 12.1. The number of hydrogen-bond acceptors (Lipinski definition) is 3. The first kappa shape index (κ1) is 15.6. The molecule has 4 N–H and O–H groups in total. The third-order valence-corrected chi connectivity index (χ3v) is 3.76. The van der Waals surface area contributed by atoms with Crippen molar-refractivity contribution in [3.63, 3.8) is 0 Å². The zero-order valence-corrected chi connectivity index (χ0v) is 13.3. The van der Waals surface area contributed by atoms with Gasteiger partial charge >= 0.3 is 0 Å². The van der Waals surface area contributed by atoms with Crippen molar-refractivity contribution in [1.82, 2.24) is 15.0 Å². The summed E-state index contributed by atoms with van der Waals surface area (Å²) < 4.78 is 0. The minimum atomic E-state index is -0.266. The molecule has 0 spiro atoms. The van der Waals surface area contributed by atoms with Crippen molar-refractivity contribution in [3.05, 3.63) is 77.1 Å². The van der Waals surface area contributed by atoms with Crippen molar-refractivity contribution < 1.29 is 0 Å². The molecule has 2 aromatic heterocycles. The Kier molecular flexibility index (Phi) is 4.16. The third kappa shape index (κ3) is 2.67. The number of hydrogen-bond donors (Lipinski definition) is 3. The Bertz CT molecular complexity index is 1010. The summed E-state index contributed by atoms with van der Waals surface area (Å²) in [5, 5.41) is 0.491. The standard InChI is InChI=1S/C19H18N4O/c1-3-5-9-12(4-2)14-15-17(22-19(20)23-18(15)24)21-16(14)13-10-7-6-8-11-13/h3-11H,1H2,2H3,(H4,20,21,22,23,24)/b9-5-,12-4+. The molecule has 0 bridgehead atoms. The van der Waals surface area contributed by atoms with Gasteiger partial charge in [-0.15, -0.1) is 0 Å². The van der Waals surface area contributed by atoms with Crippen molar-refractivity contribution in [1.29, 1.82) is 0 Å². The summed E-state index contributed by atoms with van der Waals surface area (Å²) in [6, 6.07) is 9.81. The van der Waals surface area contributed by atoms with Crippen LogP contribution in [0.25, 0.3) is 27.9 Å². The molecule has 0 aliphatic carbocycles. The zero-order chi connectivity index (χ0) is 17.1. The predicted octanol–water partition coefficient (Wildman–Crippen LogP) is 3.65. The van der Waals surface area contributed by atoms with Crippen LogP contribution < -0.4 is 11.3 Å². The fourth-order valence-electron chi connectivity index (χ4n) is 2.72. The lowest BCUT2D eigenvalue weighted by molar-refractivity contribution is 1.18. The molecule has 3 aromatic rings. The minimum absolute atomic E-state index is 0.0866. The van der Waals surface area contributed by atoms with E-state index >= 15 is 0 Å². The molecule has 0 saturated heterocycles. The maximum atomic E-state index is 12.5. The number of fused-ring (bicyclic) bond motifs is 1. The van der Waals surface area contributed by atoms with E-state index < -0.39 is 0 Å². The molecule has 0 saturated carbocycles. The molecule has 24 heavy (non-hydrogen) atoms. The van der Waals surface area contributed by atoms with Crippen LogP contribution in [0.5, 0.6) is 0 Å². The number of benzene rings is 1. The Morgan fingerprint density at radius 3 is 2.67 bits per heavy atom. The van der Waals surface area contributed by atoms with E-state index in [1.54, 1.807) is 6.08 Å². The van der Waals surface area contributed by atoms with Crippen LogP contribution in [-0.2, 0) is 0 Å². The molecule has 120 valence electrons. The lowest BCUT2D eigenvalue weighted by Gasteiger charge is -2.06. The van der Waals surface area contributed by atoms with Crippen LogP contribution in [0.2, 0.25) is 0 Å². The van der Waals surface area contributed by atoms with Gasteiger partial charge in [-0.1, -0.05) is 61.2 Å². The van der Waals surface area contributed by atoms with E-state index in [1.165, 1.54) is 0 Å². The number of nitrogens with one attached hydrogen (secondary N) is 2. The molecule has 0 radical (unpaired) electrons. The fraction of sp³-hybridized carbons (Fsp3) is 0.0526. The summed E-state index contributed by atoms with van der Waals surface area (Å²) in [4.78, 5) is 22.5. The molecule has 0 fully saturated rings. The Labute approximate surface area is 139 Å². The average Bonchev–Trinajstić information content (AvgIpc) is 2.96. The highest BCUT2D eigenvalue weighted by Crippen LogP contribution is 2.33. The first-order valence-electron chi connectivity index (χ1n) is 7.58. The van der Waals surface area contributed by atoms with Crippen LogP contribution in [0.15, 0.2) is 66.0 Å². The number of H-pyrrole nitrogens is 2. The monoisotopic (exact) mass is 318 g/mol. The molecule has 2 heterocycles. The van der Waals surface area contributed by atoms with E-state index in [-0.39, 0.29) is 11.5 Å². The molecule has 5 nitrogen and oxygen atoms in total. The van der Waals surface area contributed by atoms with Crippen molar-refractivity contribution in [3.8, 4) is 11.3 Å². The molecule has 5 heteroatoms. The van der Waals surface area contributed by atoms with Crippen LogP contribution in [0.3, 0.4) is 0 Å². The van der Waals surface area contributed by atoms with Crippen LogP contribution in [0, 0.1) is 0 Å². The number of rotatable bonds is 4. The highest BCUT2D eigenvalue weighted by molar-refractivity contribution is 6.00. The van der Waals surface area contributed by atoms with Gasteiger partial charge in [0.1, 0.15) is 5.65 Å². The quantitative estimate of drug-likeness (QED) is 0.642. The van der Waals surface area contributed by atoms with Crippen molar-refractivity contribution in [2.75, 3.05) is 5.73 Å². The Balaban J connectivity index is 2.41. The van der Waals surface area contributed by atoms with Gasteiger partial charge in [0.25, 0.3) is 5.56 Å². The second-order valence-corrected chi connectivity index (χ2v) is 5.25. The summed E-state index contributed by atoms with van der Waals surface area (Å²) in [5.74, 6) is 0.0866. The van der Waals surface area contributed by atoms with Gasteiger partial charge in [0.05, 0.1) is 11.1 Å². The number of aromatic amines is 2. The van der Waals surface area contributed by atoms with Crippen LogP contribution in [-0.4, -0.2) is 15.0 Å². The Hall–Kier alpha value is -3.34. The van der Waals surface area contributed by atoms with Crippen molar-refractivity contribution >= 4 is 22.6 Å². The van der Waals surface area contributed by atoms with E-state index in [4.69, 9.17) is 5.73 Å². The van der Waals surface area contributed by atoms with Crippen LogP contribution in [0.4, 0.5) is 5.95 Å². The Morgan fingerprint density at radius 2 is 2.00 bits per heavy atom. The van der Waals surface area contributed by atoms with Crippen molar-refractivity contribution in [2.24, 2.45) is 0 Å².